The maximum atomic E-state index is 5.28. The normalized spacial score (nSPS) is 17.7. The summed E-state index contributed by atoms with van der Waals surface area (Å²) in [5.41, 5.74) is 3.11. The molecular formula is C21H27N7O. The minimum absolute atomic E-state index is 0.414. The lowest BCUT2D eigenvalue weighted by molar-refractivity contribution is 0.263. The fraction of sp³-hybridized carbons (Fsp3) is 0.476. The first-order chi connectivity index (χ1) is 14.2. The molecule has 29 heavy (non-hydrogen) atoms. The molecule has 4 heterocycles. The fourth-order valence-corrected chi connectivity index (χ4v) is 4.23. The summed E-state index contributed by atoms with van der Waals surface area (Å²) in [6.45, 7) is 3.90. The number of likely N-dealkylation sites (tertiary alicyclic amines) is 1. The number of aromatic amines is 1. The van der Waals surface area contributed by atoms with Gasteiger partial charge in [-0.2, -0.15) is 15.1 Å². The van der Waals surface area contributed by atoms with Gasteiger partial charge in [-0.3, -0.25) is 5.10 Å². The van der Waals surface area contributed by atoms with Crippen molar-refractivity contribution in [1.82, 2.24) is 25.1 Å². The number of hydrogen-bond donors (Lipinski definition) is 2. The van der Waals surface area contributed by atoms with Crippen LogP contribution in [0.2, 0.25) is 0 Å². The molecule has 1 saturated heterocycles. The van der Waals surface area contributed by atoms with E-state index in [0.717, 1.165) is 73.7 Å². The first kappa shape index (κ1) is 18.2. The summed E-state index contributed by atoms with van der Waals surface area (Å²) in [5, 5.41) is 12.2. The van der Waals surface area contributed by atoms with Gasteiger partial charge in [0.25, 0.3) is 0 Å². The molecule has 0 atom stereocenters. The average molecular weight is 393 g/mol. The van der Waals surface area contributed by atoms with Crippen LogP contribution in [-0.4, -0.2) is 64.9 Å². The van der Waals surface area contributed by atoms with Crippen LogP contribution in [0, 0.1) is 0 Å². The number of rotatable bonds is 5. The Bertz CT molecular complexity index is 992. The number of anilines is 2. The lowest BCUT2D eigenvalue weighted by Gasteiger charge is -2.31. The van der Waals surface area contributed by atoms with Crippen LogP contribution in [0.1, 0.15) is 24.1 Å². The predicted octanol–water partition coefficient (Wildman–Crippen LogP) is 2.43. The molecule has 0 spiro atoms. The van der Waals surface area contributed by atoms with E-state index in [2.05, 4.69) is 44.5 Å². The molecule has 0 bridgehead atoms. The molecule has 2 aliphatic rings. The summed E-state index contributed by atoms with van der Waals surface area (Å²) in [7, 11) is 3.86. The molecule has 0 unspecified atom stereocenters. The molecule has 8 nitrogen and oxygen atoms in total. The van der Waals surface area contributed by atoms with E-state index >= 15 is 0 Å². The van der Waals surface area contributed by atoms with Gasteiger partial charge in [-0.05, 0) is 50.7 Å². The number of methoxy groups -OCH3 is 1. The third kappa shape index (κ3) is 3.60. The Hall–Kier alpha value is -2.87. The largest absolute Gasteiger partial charge is 0.497 e. The predicted molar refractivity (Wildman–Crippen MR) is 114 cm³/mol. The smallest absolute Gasteiger partial charge is 0.226 e. The van der Waals surface area contributed by atoms with Gasteiger partial charge < -0.3 is 19.9 Å². The summed E-state index contributed by atoms with van der Waals surface area (Å²) in [6.07, 6.45) is 3.11. The van der Waals surface area contributed by atoms with Gasteiger partial charge in [-0.15, -0.1) is 0 Å². The van der Waals surface area contributed by atoms with Crippen LogP contribution in [0.3, 0.4) is 0 Å². The maximum Gasteiger partial charge on any atom is 0.226 e. The van der Waals surface area contributed by atoms with Crippen LogP contribution in [0.25, 0.3) is 11.0 Å². The molecule has 2 aliphatic heterocycles. The van der Waals surface area contributed by atoms with Gasteiger partial charge in [-0.25, -0.2) is 0 Å². The number of aromatic nitrogens is 4. The van der Waals surface area contributed by atoms with Gasteiger partial charge in [0.15, 0.2) is 5.65 Å². The van der Waals surface area contributed by atoms with Gasteiger partial charge in [0.2, 0.25) is 5.95 Å². The summed E-state index contributed by atoms with van der Waals surface area (Å²) in [6, 6.07) is 8.65. The molecule has 0 amide bonds. The third-order valence-corrected chi connectivity index (χ3v) is 5.98. The average Bonchev–Trinajstić information content (AvgIpc) is 3.16. The Morgan fingerprint density at radius 3 is 2.69 bits per heavy atom. The fourth-order valence-electron chi connectivity index (χ4n) is 4.23. The van der Waals surface area contributed by atoms with Gasteiger partial charge in [0.05, 0.1) is 18.2 Å². The van der Waals surface area contributed by atoms with Crippen LogP contribution in [0.15, 0.2) is 24.3 Å². The number of nitrogens with zero attached hydrogens (tertiary/aromatic N) is 5. The molecule has 1 aromatic carbocycles. The van der Waals surface area contributed by atoms with E-state index in [4.69, 9.17) is 14.7 Å². The Kier molecular flexibility index (Phi) is 4.71. The monoisotopic (exact) mass is 393 g/mol. The molecule has 1 fully saturated rings. The van der Waals surface area contributed by atoms with Crippen LogP contribution < -0.4 is 15.0 Å². The highest BCUT2D eigenvalue weighted by atomic mass is 16.5. The van der Waals surface area contributed by atoms with Crippen molar-refractivity contribution >= 4 is 22.8 Å². The zero-order chi connectivity index (χ0) is 19.8. The van der Waals surface area contributed by atoms with Crippen molar-refractivity contribution < 1.29 is 4.74 Å². The standard InChI is InChI=1S/C21H27N7O/c1-27-10-7-15(8-11-27)22-21-23-19-18-17(25-26-19)9-12-28(20(18)24-21)13-14-3-5-16(29-2)6-4-14/h3-6,15H,7-13H2,1-2H3,(H2,22,23,24,25,26). The minimum atomic E-state index is 0.414. The van der Waals surface area contributed by atoms with Gasteiger partial charge in [0.1, 0.15) is 11.6 Å². The molecule has 0 radical (unpaired) electrons. The van der Waals surface area contributed by atoms with E-state index in [-0.39, 0.29) is 0 Å². The van der Waals surface area contributed by atoms with E-state index < -0.39 is 0 Å². The first-order valence-electron chi connectivity index (χ1n) is 10.3. The second-order valence-corrected chi connectivity index (χ2v) is 8.01. The van der Waals surface area contributed by atoms with Crippen LogP contribution in [0.5, 0.6) is 5.75 Å². The molecule has 0 aliphatic carbocycles. The van der Waals surface area contributed by atoms with E-state index in [1.807, 2.05) is 12.1 Å². The number of H-pyrrole nitrogens is 1. The van der Waals surface area contributed by atoms with Crippen molar-refractivity contribution in [2.24, 2.45) is 0 Å². The molecule has 152 valence electrons. The number of nitrogens with one attached hydrogen (secondary N) is 2. The van der Waals surface area contributed by atoms with Gasteiger partial charge in [0, 0.05) is 25.6 Å². The van der Waals surface area contributed by atoms with Crippen LogP contribution >= 0.6 is 0 Å². The first-order valence-corrected chi connectivity index (χ1v) is 10.3. The summed E-state index contributed by atoms with van der Waals surface area (Å²) >= 11 is 0. The van der Waals surface area contributed by atoms with Gasteiger partial charge in [-0.1, -0.05) is 12.1 Å². The Morgan fingerprint density at radius 1 is 1.14 bits per heavy atom. The number of hydrogen-bond acceptors (Lipinski definition) is 7. The second-order valence-electron chi connectivity index (χ2n) is 8.01. The zero-order valence-corrected chi connectivity index (χ0v) is 17.0. The van der Waals surface area contributed by atoms with Crippen molar-refractivity contribution in [2.75, 3.05) is 44.0 Å². The highest BCUT2D eigenvalue weighted by Crippen LogP contribution is 2.32. The zero-order valence-electron chi connectivity index (χ0n) is 17.0. The quantitative estimate of drug-likeness (QED) is 0.689. The summed E-state index contributed by atoms with van der Waals surface area (Å²) in [4.78, 5) is 14.3. The van der Waals surface area contributed by atoms with Crippen molar-refractivity contribution in [3.05, 3.63) is 35.5 Å². The summed E-state index contributed by atoms with van der Waals surface area (Å²) < 4.78 is 5.28. The van der Waals surface area contributed by atoms with Crippen molar-refractivity contribution in [1.29, 1.82) is 0 Å². The van der Waals surface area contributed by atoms with E-state index in [1.165, 1.54) is 5.56 Å². The van der Waals surface area contributed by atoms with E-state index in [9.17, 15) is 0 Å². The SMILES string of the molecule is COc1ccc(CN2CCc3n[nH]c4nc(NC5CCN(C)CC5)nc2c34)cc1. The molecular weight excluding hydrogens is 366 g/mol. The number of ether oxygens (including phenoxy) is 1. The Balaban J connectivity index is 1.42. The second kappa shape index (κ2) is 7.51. The molecule has 2 N–H and O–H groups in total. The minimum Gasteiger partial charge on any atom is -0.497 e. The Labute approximate surface area is 170 Å². The summed E-state index contributed by atoms with van der Waals surface area (Å²) in [5.74, 6) is 2.54. The highest BCUT2D eigenvalue weighted by molar-refractivity contribution is 5.91. The number of benzene rings is 1. The molecule has 5 rings (SSSR count). The number of piperidine rings is 1. The van der Waals surface area contributed by atoms with E-state index in [1.54, 1.807) is 7.11 Å². The third-order valence-electron chi connectivity index (χ3n) is 5.98. The Morgan fingerprint density at radius 2 is 1.93 bits per heavy atom. The topological polar surface area (TPSA) is 82.2 Å². The lowest BCUT2D eigenvalue weighted by atomic mass is 10.1. The van der Waals surface area contributed by atoms with E-state index in [0.29, 0.717) is 12.0 Å². The van der Waals surface area contributed by atoms with Gasteiger partial charge >= 0.3 is 0 Å². The molecule has 3 aromatic rings. The van der Waals surface area contributed by atoms with Crippen molar-refractivity contribution in [2.45, 2.75) is 31.8 Å². The van der Waals surface area contributed by atoms with Crippen LogP contribution in [0.4, 0.5) is 11.8 Å². The van der Waals surface area contributed by atoms with Crippen molar-refractivity contribution in [3.63, 3.8) is 0 Å². The highest BCUT2D eigenvalue weighted by Gasteiger charge is 2.26. The lowest BCUT2D eigenvalue weighted by Crippen LogP contribution is -2.37. The van der Waals surface area contributed by atoms with Crippen molar-refractivity contribution in [3.8, 4) is 5.75 Å². The molecule has 0 saturated carbocycles. The molecule has 8 heteroatoms. The maximum absolute atomic E-state index is 5.28. The molecule has 2 aromatic heterocycles. The van der Waals surface area contributed by atoms with Crippen LogP contribution in [-0.2, 0) is 13.0 Å².